The molecular formula is C25H22N2O2. The van der Waals surface area contributed by atoms with Crippen LogP contribution in [0, 0.1) is 6.92 Å². The fraction of sp³-hybridized carbons (Fsp3) is 0.120. The van der Waals surface area contributed by atoms with Gasteiger partial charge in [-0.1, -0.05) is 36.4 Å². The molecule has 0 unspecified atom stereocenters. The van der Waals surface area contributed by atoms with Crippen molar-refractivity contribution in [1.29, 1.82) is 0 Å². The van der Waals surface area contributed by atoms with E-state index < -0.39 is 0 Å². The Hall–Kier alpha value is -3.66. The maximum atomic E-state index is 9.37. The molecule has 29 heavy (non-hydrogen) atoms. The number of phenolic OH excluding ortho intramolecular Hbond substituents is 1. The molecule has 2 aromatic heterocycles. The number of aryl methyl sites for hydroxylation is 1. The molecular weight excluding hydrogens is 360 g/mol. The molecule has 4 rings (SSSR count). The minimum absolute atomic E-state index is 0.287. The number of phenols is 1. The van der Waals surface area contributed by atoms with Gasteiger partial charge in [-0.3, -0.25) is 9.97 Å². The molecule has 0 amide bonds. The number of hydrogen-bond donors (Lipinski definition) is 1. The highest BCUT2D eigenvalue weighted by Crippen LogP contribution is 2.19. The van der Waals surface area contributed by atoms with Gasteiger partial charge in [0.15, 0.2) is 0 Å². The number of pyridine rings is 2. The number of aromatic hydroxyl groups is 1. The SMILES string of the molecule is Cc1ccc(-c2ccc(COc3ccc(Cc4ccc(O)cc4)cc3)cn2)nc1. The molecule has 0 atom stereocenters. The lowest BCUT2D eigenvalue weighted by Crippen LogP contribution is -1.97. The van der Waals surface area contributed by atoms with Crippen LogP contribution in [0.4, 0.5) is 0 Å². The van der Waals surface area contributed by atoms with E-state index in [2.05, 4.69) is 22.1 Å². The standard InChI is InChI=1S/C25H22N2O2/c1-18-2-12-24(26-15-18)25-13-7-21(16-27-25)17-29-23-10-5-20(6-11-23)14-19-3-8-22(28)9-4-19/h2-13,15-16,28H,14,17H2,1H3. The Morgan fingerprint density at radius 3 is 1.86 bits per heavy atom. The first-order valence-electron chi connectivity index (χ1n) is 9.53. The third-order valence-electron chi connectivity index (χ3n) is 4.67. The zero-order valence-corrected chi connectivity index (χ0v) is 16.2. The Morgan fingerprint density at radius 2 is 1.28 bits per heavy atom. The number of hydrogen-bond acceptors (Lipinski definition) is 4. The van der Waals surface area contributed by atoms with Gasteiger partial charge in [-0.05, 0) is 66.4 Å². The van der Waals surface area contributed by atoms with Crippen LogP contribution in [0.15, 0.2) is 85.2 Å². The number of rotatable bonds is 6. The van der Waals surface area contributed by atoms with Gasteiger partial charge < -0.3 is 9.84 Å². The predicted octanol–water partition coefficient (Wildman–Crippen LogP) is 5.33. The normalized spacial score (nSPS) is 10.7. The largest absolute Gasteiger partial charge is 0.508 e. The predicted molar refractivity (Wildman–Crippen MR) is 114 cm³/mol. The zero-order valence-electron chi connectivity index (χ0n) is 16.2. The van der Waals surface area contributed by atoms with Gasteiger partial charge in [0, 0.05) is 18.0 Å². The molecule has 0 saturated heterocycles. The molecule has 144 valence electrons. The van der Waals surface area contributed by atoms with Crippen molar-refractivity contribution in [3.8, 4) is 22.9 Å². The van der Waals surface area contributed by atoms with Gasteiger partial charge >= 0.3 is 0 Å². The van der Waals surface area contributed by atoms with E-state index in [1.165, 1.54) is 5.56 Å². The average Bonchev–Trinajstić information content (AvgIpc) is 2.76. The molecule has 1 N–H and O–H groups in total. The Kier molecular flexibility index (Phi) is 5.52. The second kappa shape index (κ2) is 8.57. The summed E-state index contributed by atoms with van der Waals surface area (Å²) < 4.78 is 5.89. The quantitative estimate of drug-likeness (QED) is 0.490. The molecule has 0 aliphatic rings. The van der Waals surface area contributed by atoms with Gasteiger partial charge in [0.2, 0.25) is 0 Å². The van der Waals surface area contributed by atoms with E-state index in [1.807, 2.05) is 67.8 Å². The van der Waals surface area contributed by atoms with Crippen molar-refractivity contribution in [2.75, 3.05) is 0 Å². The number of benzene rings is 2. The molecule has 0 fully saturated rings. The third-order valence-corrected chi connectivity index (χ3v) is 4.67. The van der Waals surface area contributed by atoms with Crippen LogP contribution in [0.2, 0.25) is 0 Å². The van der Waals surface area contributed by atoms with E-state index in [0.29, 0.717) is 6.61 Å². The van der Waals surface area contributed by atoms with Crippen LogP contribution < -0.4 is 4.74 Å². The van der Waals surface area contributed by atoms with Gasteiger partial charge in [0.05, 0.1) is 11.4 Å². The van der Waals surface area contributed by atoms with E-state index in [4.69, 9.17) is 4.74 Å². The van der Waals surface area contributed by atoms with Crippen molar-refractivity contribution < 1.29 is 9.84 Å². The first-order valence-corrected chi connectivity index (χ1v) is 9.53. The topological polar surface area (TPSA) is 55.2 Å². The Balaban J connectivity index is 1.34. The highest BCUT2D eigenvalue weighted by atomic mass is 16.5. The fourth-order valence-corrected chi connectivity index (χ4v) is 3.00. The monoisotopic (exact) mass is 382 g/mol. The number of aromatic nitrogens is 2. The molecule has 4 aromatic rings. The lowest BCUT2D eigenvalue weighted by atomic mass is 10.0. The van der Waals surface area contributed by atoms with Crippen LogP contribution in [-0.2, 0) is 13.0 Å². The molecule has 0 bridgehead atoms. The van der Waals surface area contributed by atoms with Gasteiger partial charge in [0.25, 0.3) is 0 Å². The molecule has 0 saturated carbocycles. The third kappa shape index (κ3) is 4.99. The van der Waals surface area contributed by atoms with Gasteiger partial charge in [-0.15, -0.1) is 0 Å². The molecule has 0 aliphatic heterocycles. The molecule has 4 nitrogen and oxygen atoms in total. The van der Waals surface area contributed by atoms with E-state index in [1.54, 1.807) is 12.1 Å². The highest BCUT2D eigenvalue weighted by molar-refractivity contribution is 5.54. The molecule has 2 heterocycles. The number of ether oxygens (including phenoxy) is 1. The van der Waals surface area contributed by atoms with Crippen LogP contribution in [0.3, 0.4) is 0 Å². The molecule has 4 heteroatoms. The van der Waals surface area contributed by atoms with Crippen molar-refractivity contribution >= 4 is 0 Å². The van der Waals surface area contributed by atoms with E-state index in [0.717, 1.165) is 40.2 Å². The summed E-state index contributed by atoms with van der Waals surface area (Å²) in [6, 6.07) is 23.4. The Bertz CT molecular complexity index is 1060. The Labute approximate surface area is 170 Å². The maximum absolute atomic E-state index is 9.37. The second-order valence-corrected chi connectivity index (χ2v) is 7.05. The van der Waals surface area contributed by atoms with Crippen molar-refractivity contribution in [2.45, 2.75) is 20.0 Å². The molecule has 0 radical (unpaired) electrons. The summed E-state index contributed by atoms with van der Waals surface area (Å²) in [5.74, 6) is 1.11. The maximum Gasteiger partial charge on any atom is 0.119 e. The summed E-state index contributed by atoms with van der Waals surface area (Å²) in [5.41, 5.74) is 6.21. The van der Waals surface area contributed by atoms with Crippen molar-refractivity contribution in [2.24, 2.45) is 0 Å². The first kappa shape index (κ1) is 18.7. The minimum Gasteiger partial charge on any atom is -0.508 e. The Morgan fingerprint density at radius 1 is 0.690 bits per heavy atom. The lowest BCUT2D eigenvalue weighted by Gasteiger charge is -2.08. The smallest absolute Gasteiger partial charge is 0.119 e. The zero-order chi connectivity index (χ0) is 20.1. The van der Waals surface area contributed by atoms with Crippen LogP contribution in [0.25, 0.3) is 11.4 Å². The van der Waals surface area contributed by atoms with Gasteiger partial charge in [-0.25, -0.2) is 0 Å². The first-order chi connectivity index (χ1) is 14.2. The summed E-state index contributed by atoms with van der Waals surface area (Å²) in [6.45, 7) is 2.48. The summed E-state index contributed by atoms with van der Waals surface area (Å²) in [5, 5.41) is 9.37. The van der Waals surface area contributed by atoms with E-state index in [-0.39, 0.29) is 5.75 Å². The average molecular weight is 382 g/mol. The van der Waals surface area contributed by atoms with Crippen LogP contribution in [0.1, 0.15) is 22.3 Å². The van der Waals surface area contributed by atoms with E-state index in [9.17, 15) is 5.11 Å². The second-order valence-electron chi connectivity index (χ2n) is 7.05. The molecule has 0 spiro atoms. The summed E-state index contributed by atoms with van der Waals surface area (Å²) in [4.78, 5) is 8.91. The van der Waals surface area contributed by atoms with Crippen LogP contribution in [-0.4, -0.2) is 15.1 Å². The van der Waals surface area contributed by atoms with Crippen molar-refractivity contribution in [1.82, 2.24) is 9.97 Å². The molecule has 2 aromatic carbocycles. The minimum atomic E-state index is 0.287. The fourth-order valence-electron chi connectivity index (χ4n) is 3.00. The summed E-state index contributed by atoms with van der Waals surface area (Å²) in [7, 11) is 0. The summed E-state index contributed by atoms with van der Waals surface area (Å²) in [6.07, 6.45) is 4.49. The van der Waals surface area contributed by atoms with Crippen LogP contribution >= 0.6 is 0 Å². The van der Waals surface area contributed by atoms with Crippen molar-refractivity contribution in [3.05, 3.63) is 107 Å². The molecule has 0 aliphatic carbocycles. The highest BCUT2D eigenvalue weighted by Gasteiger charge is 2.03. The van der Waals surface area contributed by atoms with Crippen LogP contribution in [0.5, 0.6) is 11.5 Å². The van der Waals surface area contributed by atoms with E-state index >= 15 is 0 Å². The van der Waals surface area contributed by atoms with Gasteiger partial charge in [0.1, 0.15) is 18.1 Å². The van der Waals surface area contributed by atoms with Crippen molar-refractivity contribution in [3.63, 3.8) is 0 Å². The lowest BCUT2D eigenvalue weighted by molar-refractivity contribution is 0.305. The number of nitrogens with zero attached hydrogens (tertiary/aromatic N) is 2. The van der Waals surface area contributed by atoms with Gasteiger partial charge in [-0.2, -0.15) is 0 Å². The summed E-state index contributed by atoms with van der Waals surface area (Å²) >= 11 is 0.